The van der Waals surface area contributed by atoms with Gasteiger partial charge >= 0.3 is 0 Å². The van der Waals surface area contributed by atoms with Gasteiger partial charge in [-0.25, -0.2) is 9.97 Å². The number of aliphatic hydroxyl groups is 1. The highest BCUT2D eigenvalue weighted by Crippen LogP contribution is 2.30. The van der Waals surface area contributed by atoms with Crippen molar-refractivity contribution in [2.45, 2.75) is 13.8 Å². The van der Waals surface area contributed by atoms with Gasteiger partial charge in [-0.3, -0.25) is 4.98 Å². The second kappa shape index (κ2) is 8.71. The van der Waals surface area contributed by atoms with Gasteiger partial charge in [0.2, 0.25) is 0 Å². The lowest BCUT2D eigenvalue weighted by atomic mass is 10.1. The van der Waals surface area contributed by atoms with Crippen LogP contribution in [0.1, 0.15) is 16.8 Å². The smallest absolute Gasteiger partial charge is 0.145 e. The van der Waals surface area contributed by atoms with E-state index in [1.165, 1.54) is 0 Å². The van der Waals surface area contributed by atoms with Crippen LogP contribution in [0.15, 0.2) is 67.1 Å². The Kier molecular flexibility index (Phi) is 5.68. The quantitative estimate of drug-likeness (QED) is 0.466. The highest BCUT2D eigenvalue weighted by Gasteiger charge is 2.08. The molecule has 150 valence electrons. The first kappa shape index (κ1) is 19.5. The molecule has 2 heterocycles. The predicted octanol–water partition coefficient (Wildman–Crippen LogP) is 5.18. The second-order valence-corrected chi connectivity index (χ2v) is 6.93. The Morgan fingerprint density at radius 2 is 1.90 bits per heavy atom. The number of nitrogens with zero attached hydrogens (tertiary/aromatic N) is 3. The molecule has 2 aromatic heterocycles. The molecule has 2 N–H and O–H groups in total. The molecule has 0 unspecified atom stereocenters. The van der Waals surface area contributed by atoms with Gasteiger partial charge in [0, 0.05) is 16.8 Å². The Bertz CT molecular complexity index is 1200. The summed E-state index contributed by atoms with van der Waals surface area (Å²) in [6.07, 6.45) is 6.83. The molecule has 0 fully saturated rings. The van der Waals surface area contributed by atoms with E-state index in [4.69, 9.17) is 9.84 Å². The predicted molar refractivity (Wildman–Crippen MR) is 119 cm³/mol. The molecule has 4 aromatic rings. The fraction of sp³-hybridized carbons (Fsp3) is 0.125. The molecule has 30 heavy (non-hydrogen) atoms. The van der Waals surface area contributed by atoms with Crippen molar-refractivity contribution < 1.29 is 9.84 Å². The van der Waals surface area contributed by atoms with Crippen molar-refractivity contribution in [3.8, 4) is 11.5 Å². The van der Waals surface area contributed by atoms with Gasteiger partial charge in [0.1, 0.15) is 23.6 Å². The van der Waals surface area contributed by atoms with Crippen LogP contribution < -0.4 is 10.1 Å². The second-order valence-electron chi connectivity index (χ2n) is 6.93. The highest BCUT2D eigenvalue weighted by molar-refractivity contribution is 5.92. The third-order valence-electron chi connectivity index (χ3n) is 4.62. The van der Waals surface area contributed by atoms with Crippen molar-refractivity contribution in [2.24, 2.45) is 0 Å². The molecule has 0 amide bonds. The van der Waals surface area contributed by atoms with Gasteiger partial charge in [-0.1, -0.05) is 18.2 Å². The molecule has 0 spiro atoms. The number of aliphatic hydroxyl groups excluding tert-OH is 1. The van der Waals surface area contributed by atoms with Gasteiger partial charge in [0.25, 0.3) is 0 Å². The molecule has 0 atom stereocenters. The summed E-state index contributed by atoms with van der Waals surface area (Å²) in [5.74, 6) is 2.19. The van der Waals surface area contributed by atoms with Crippen LogP contribution in [0.2, 0.25) is 0 Å². The van der Waals surface area contributed by atoms with E-state index >= 15 is 0 Å². The topological polar surface area (TPSA) is 80.2 Å². The van der Waals surface area contributed by atoms with E-state index in [0.29, 0.717) is 5.75 Å². The molecule has 0 saturated carbocycles. The van der Waals surface area contributed by atoms with Crippen LogP contribution in [0.3, 0.4) is 0 Å². The van der Waals surface area contributed by atoms with Gasteiger partial charge in [0.15, 0.2) is 0 Å². The molecule has 0 radical (unpaired) electrons. The van der Waals surface area contributed by atoms with E-state index in [0.717, 1.165) is 45.0 Å². The average molecular weight is 398 g/mol. The van der Waals surface area contributed by atoms with Crippen LogP contribution in [0.5, 0.6) is 11.5 Å². The maximum Gasteiger partial charge on any atom is 0.145 e. The fourth-order valence-corrected chi connectivity index (χ4v) is 3.09. The van der Waals surface area contributed by atoms with Gasteiger partial charge in [0.05, 0.1) is 18.3 Å². The minimum atomic E-state index is 0.000775. The molecule has 6 heteroatoms. The summed E-state index contributed by atoms with van der Waals surface area (Å²) in [4.78, 5) is 13.0. The monoisotopic (exact) mass is 398 g/mol. The third-order valence-corrected chi connectivity index (χ3v) is 4.62. The van der Waals surface area contributed by atoms with Gasteiger partial charge in [-0.2, -0.15) is 0 Å². The lowest BCUT2D eigenvalue weighted by Gasteiger charge is -2.12. The van der Waals surface area contributed by atoms with Crippen molar-refractivity contribution in [3.05, 3.63) is 84.0 Å². The summed E-state index contributed by atoms with van der Waals surface area (Å²) < 4.78 is 5.95. The van der Waals surface area contributed by atoms with E-state index in [-0.39, 0.29) is 6.61 Å². The summed E-state index contributed by atoms with van der Waals surface area (Å²) >= 11 is 0. The van der Waals surface area contributed by atoms with Gasteiger partial charge < -0.3 is 15.2 Å². The zero-order valence-corrected chi connectivity index (χ0v) is 16.8. The molecule has 0 saturated heterocycles. The number of rotatable bonds is 6. The number of aromatic nitrogens is 3. The van der Waals surface area contributed by atoms with Crippen LogP contribution in [0.4, 0.5) is 11.5 Å². The summed E-state index contributed by atoms with van der Waals surface area (Å²) in [5, 5.41) is 13.3. The number of fused-ring (bicyclic) bond motifs is 1. The van der Waals surface area contributed by atoms with Crippen LogP contribution in [0, 0.1) is 13.8 Å². The first-order chi connectivity index (χ1) is 14.6. The molecule has 0 bridgehead atoms. The number of aryl methyl sites for hydroxylation is 2. The number of hydrogen-bond donors (Lipinski definition) is 2. The number of benzene rings is 2. The Morgan fingerprint density at radius 1 is 1.00 bits per heavy atom. The number of anilines is 2. The van der Waals surface area contributed by atoms with Gasteiger partial charge in [-0.05, 0) is 67.4 Å². The maximum absolute atomic E-state index is 9.01. The number of pyridine rings is 1. The van der Waals surface area contributed by atoms with Crippen LogP contribution in [-0.2, 0) is 0 Å². The molecule has 6 nitrogen and oxygen atoms in total. The van der Waals surface area contributed by atoms with E-state index in [1.54, 1.807) is 18.6 Å². The summed E-state index contributed by atoms with van der Waals surface area (Å²) in [7, 11) is 0. The third kappa shape index (κ3) is 4.45. The summed E-state index contributed by atoms with van der Waals surface area (Å²) in [6, 6.07) is 15.6. The molecular formula is C24H22N4O2. The minimum Gasteiger partial charge on any atom is -0.455 e. The molecule has 0 aliphatic carbocycles. The van der Waals surface area contributed by atoms with E-state index in [2.05, 4.69) is 20.3 Å². The minimum absolute atomic E-state index is 0.000775. The largest absolute Gasteiger partial charge is 0.455 e. The Morgan fingerprint density at radius 3 is 2.67 bits per heavy atom. The standard InChI is InChI=1S/C24H22N4O2/c1-16-12-19(7-10-23(16)30-20-8-5-17(2)25-14-20)28-24-21-13-18(4-3-11-29)6-9-22(21)26-15-27-24/h3-10,12-15,29H,11H2,1-2H3,(H,26,27,28). The van der Waals surface area contributed by atoms with Crippen LogP contribution >= 0.6 is 0 Å². The number of hydrogen-bond acceptors (Lipinski definition) is 6. The normalized spacial score (nSPS) is 11.2. The number of ether oxygens (including phenoxy) is 1. The fourth-order valence-electron chi connectivity index (χ4n) is 3.09. The van der Waals surface area contributed by atoms with E-state index < -0.39 is 0 Å². The van der Waals surface area contributed by atoms with Crippen molar-refractivity contribution in [1.82, 2.24) is 15.0 Å². The summed E-state index contributed by atoms with van der Waals surface area (Å²) in [5.41, 5.74) is 4.66. The molecule has 4 rings (SSSR count). The Hall–Kier alpha value is -3.77. The van der Waals surface area contributed by atoms with E-state index in [1.807, 2.05) is 68.5 Å². The molecule has 0 aliphatic rings. The SMILES string of the molecule is Cc1ccc(Oc2ccc(Nc3ncnc4ccc(C=CCO)cc34)cc2C)cn1. The van der Waals surface area contributed by atoms with Crippen molar-refractivity contribution in [2.75, 3.05) is 11.9 Å². The average Bonchev–Trinajstić information content (AvgIpc) is 2.76. The molecular weight excluding hydrogens is 376 g/mol. The highest BCUT2D eigenvalue weighted by atomic mass is 16.5. The lowest BCUT2D eigenvalue weighted by molar-refractivity contribution is 0.343. The molecule has 2 aromatic carbocycles. The van der Waals surface area contributed by atoms with Crippen LogP contribution in [0.25, 0.3) is 17.0 Å². The molecule has 0 aliphatic heterocycles. The first-order valence-electron chi connectivity index (χ1n) is 9.63. The zero-order chi connectivity index (χ0) is 20.9. The van der Waals surface area contributed by atoms with Gasteiger partial charge in [-0.15, -0.1) is 0 Å². The summed E-state index contributed by atoms with van der Waals surface area (Å²) in [6.45, 7) is 3.94. The van der Waals surface area contributed by atoms with E-state index in [9.17, 15) is 0 Å². The zero-order valence-electron chi connectivity index (χ0n) is 16.8. The lowest BCUT2D eigenvalue weighted by Crippen LogP contribution is -1.97. The van der Waals surface area contributed by atoms with Crippen molar-refractivity contribution in [3.63, 3.8) is 0 Å². The van der Waals surface area contributed by atoms with Crippen molar-refractivity contribution >= 4 is 28.5 Å². The van der Waals surface area contributed by atoms with Crippen molar-refractivity contribution in [1.29, 1.82) is 0 Å². The first-order valence-corrected chi connectivity index (χ1v) is 9.63. The number of nitrogens with one attached hydrogen (secondary N) is 1. The Balaban J connectivity index is 1.59. The van der Waals surface area contributed by atoms with Crippen LogP contribution in [-0.4, -0.2) is 26.7 Å². The Labute approximate surface area is 174 Å². The maximum atomic E-state index is 9.01.